The highest BCUT2D eigenvalue weighted by Crippen LogP contribution is 2.24. The van der Waals surface area contributed by atoms with Crippen LogP contribution < -0.4 is 10.5 Å². The summed E-state index contributed by atoms with van der Waals surface area (Å²) in [5.41, 5.74) is 2.28. The average Bonchev–Trinajstić information content (AvgIpc) is 2.70. The smallest absolute Gasteiger partial charge is 0.255 e. The van der Waals surface area contributed by atoms with Gasteiger partial charge in [0.1, 0.15) is 0 Å². The molecule has 0 saturated heterocycles. The summed E-state index contributed by atoms with van der Waals surface area (Å²) in [5.74, 6) is 0.616. The maximum Gasteiger partial charge on any atom is 0.255 e. The lowest BCUT2D eigenvalue weighted by atomic mass is 10.1. The number of benzene rings is 1. The van der Waals surface area contributed by atoms with E-state index in [-0.39, 0.29) is 5.56 Å². The van der Waals surface area contributed by atoms with Crippen molar-refractivity contribution in [3.05, 3.63) is 76.8 Å². The molecule has 4 rings (SSSR count). The summed E-state index contributed by atoms with van der Waals surface area (Å²) in [6.45, 7) is 1.81. The van der Waals surface area contributed by atoms with Gasteiger partial charge < -0.3 is 10.0 Å². The second-order valence-electron chi connectivity index (χ2n) is 6.39. The third-order valence-electron chi connectivity index (χ3n) is 4.63. The van der Waals surface area contributed by atoms with Crippen LogP contribution in [-0.2, 0) is 6.54 Å². The third kappa shape index (κ3) is 3.23. The number of aromatic nitrogens is 3. The van der Waals surface area contributed by atoms with Crippen LogP contribution >= 0.6 is 0 Å². The molecular weight excluding hydrogens is 328 g/mol. The lowest BCUT2D eigenvalue weighted by molar-refractivity contribution is 0.181. The molecule has 1 aliphatic heterocycles. The normalized spacial score (nSPS) is 14.7. The topological polar surface area (TPSA) is 71.2 Å². The van der Waals surface area contributed by atoms with Crippen molar-refractivity contribution in [1.82, 2.24) is 14.5 Å². The molecule has 1 atom stereocenters. The molecule has 1 N–H and O–H groups in total. The summed E-state index contributed by atoms with van der Waals surface area (Å²) in [4.78, 5) is 23.3. The van der Waals surface area contributed by atoms with Crippen LogP contribution in [-0.4, -0.2) is 32.7 Å². The zero-order valence-electron chi connectivity index (χ0n) is 14.3. The van der Waals surface area contributed by atoms with Crippen LogP contribution in [0.4, 0.5) is 5.95 Å². The summed E-state index contributed by atoms with van der Waals surface area (Å²) < 4.78 is 1.69. The van der Waals surface area contributed by atoms with E-state index >= 15 is 0 Å². The zero-order valence-corrected chi connectivity index (χ0v) is 14.3. The molecule has 0 fully saturated rings. The number of pyridine rings is 1. The van der Waals surface area contributed by atoms with E-state index in [9.17, 15) is 9.90 Å². The molecule has 0 aliphatic carbocycles. The average molecular weight is 348 g/mol. The molecule has 0 spiro atoms. The predicted octanol–water partition coefficient (Wildman–Crippen LogP) is 2.25. The second-order valence-corrected chi connectivity index (χ2v) is 6.39. The maximum atomic E-state index is 12.6. The molecule has 3 heterocycles. The summed E-state index contributed by atoms with van der Waals surface area (Å²) in [5, 5.41) is 10.6. The first-order chi connectivity index (χ1) is 12.7. The Morgan fingerprint density at radius 1 is 1.08 bits per heavy atom. The molecule has 2 aromatic heterocycles. The minimum absolute atomic E-state index is 0.0688. The molecule has 1 aliphatic rings. The highest BCUT2D eigenvalue weighted by atomic mass is 16.3. The van der Waals surface area contributed by atoms with Gasteiger partial charge in [-0.05, 0) is 24.1 Å². The Hall–Kier alpha value is -2.99. The molecule has 0 unspecified atom stereocenters. The molecule has 3 aromatic rings. The summed E-state index contributed by atoms with van der Waals surface area (Å²) in [7, 11) is 0. The van der Waals surface area contributed by atoms with Gasteiger partial charge >= 0.3 is 0 Å². The summed E-state index contributed by atoms with van der Waals surface area (Å²) in [6, 6.07) is 14.8. The van der Waals surface area contributed by atoms with Crippen LogP contribution in [0, 0.1) is 0 Å². The van der Waals surface area contributed by atoms with E-state index in [1.165, 1.54) is 0 Å². The summed E-state index contributed by atoms with van der Waals surface area (Å²) in [6.07, 6.45) is 3.59. The van der Waals surface area contributed by atoms with Gasteiger partial charge in [0, 0.05) is 37.1 Å². The number of nitrogens with zero attached hydrogens (tertiary/aromatic N) is 4. The standard InChI is InChI=1S/C20H20N4O2/c25-18(16-5-2-1-3-6-16)14-23-11-4-12-24-19(26)13-17(22-20(23)24)15-7-9-21-10-8-15/h1-3,5-10,13,18,25H,4,11-12,14H2/t18-/m1/s1. The van der Waals surface area contributed by atoms with Crippen molar-refractivity contribution in [1.29, 1.82) is 0 Å². The van der Waals surface area contributed by atoms with Crippen LogP contribution in [0.15, 0.2) is 65.7 Å². The number of aliphatic hydroxyl groups is 1. The Morgan fingerprint density at radius 3 is 2.62 bits per heavy atom. The molecule has 132 valence electrons. The van der Waals surface area contributed by atoms with Crippen LogP contribution in [0.25, 0.3) is 11.3 Å². The molecule has 0 amide bonds. The predicted molar refractivity (Wildman–Crippen MR) is 100.0 cm³/mol. The lowest BCUT2D eigenvalue weighted by Gasteiger charge is -2.32. The van der Waals surface area contributed by atoms with Gasteiger partial charge in [-0.1, -0.05) is 30.3 Å². The number of β-amino-alcohol motifs (C(OH)–C–C–N with tert-alkyl or cyclic N) is 1. The molecule has 1 aromatic carbocycles. The van der Waals surface area contributed by atoms with Gasteiger partial charge in [-0.15, -0.1) is 0 Å². The SMILES string of the molecule is O=c1cc(-c2ccncc2)nc2n1CCCN2C[C@@H](O)c1ccccc1. The lowest BCUT2D eigenvalue weighted by Crippen LogP contribution is -2.40. The van der Waals surface area contributed by atoms with E-state index in [0.29, 0.717) is 24.7 Å². The van der Waals surface area contributed by atoms with Crippen LogP contribution in [0.2, 0.25) is 0 Å². The van der Waals surface area contributed by atoms with Crippen LogP contribution in [0.1, 0.15) is 18.1 Å². The van der Waals surface area contributed by atoms with Crippen molar-refractivity contribution >= 4 is 5.95 Å². The first-order valence-corrected chi connectivity index (χ1v) is 8.72. The van der Waals surface area contributed by atoms with E-state index in [2.05, 4.69) is 4.98 Å². The number of anilines is 1. The first kappa shape index (κ1) is 16.5. The molecular formula is C20H20N4O2. The minimum Gasteiger partial charge on any atom is -0.387 e. The fourth-order valence-electron chi connectivity index (χ4n) is 3.30. The van der Waals surface area contributed by atoms with Gasteiger partial charge in [0.15, 0.2) is 0 Å². The Bertz CT molecular complexity index is 941. The fourth-order valence-corrected chi connectivity index (χ4v) is 3.30. The highest BCUT2D eigenvalue weighted by Gasteiger charge is 2.23. The van der Waals surface area contributed by atoms with E-state index in [1.807, 2.05) is 47.4 Å². The van der Waals surface area contributed by atoms with Crippen molar-refractivity contribution in [2.75, 3.05) is 18.0 Å². The quantitative estimate of drug-likeness (QED) is 0.783. The van der Waals surface area contributed by atoms with E-state index in [0.717, 1.165) is 24.1 Å². The van der Waals surface area contributed by atoms with Crippen molar-refractivity contribution < 1.29 is 5.11 Å². The van der Waals surface area contributed by atoms with Crippen molar-refractivity contribution in [2.24, 2.45) is 0 Å². The van der Waals surface area contributed by atoms with Crippen molar-refractivity contribution in [2.45, 2.75) is 19.1 Å². The molecule has 6 nitrogen and oxygen atoms in total. The Morgan fingerprint density at radius 2 is 1.85 bits per heavy atom. The number of fused-ring (bicyclic) bond motifs is 1. The fraction of sp³-hybridized carbons (Fsp3) is 0.250. The van der Waals surface area contributed by atoms with Gasteiger partial charge in [0.05, 0.1) is 18.3 Å². The number of hydrogen-bond donors (Lipinski definition) is 1. The minimum atomic E-state index is -0.635. The van der Waals surface area contributed by atoms with E-state index in [4.69, 9.17) is 4.98 Å². The first-order valence-electron chi connectivity index (χ1n) is 8.72. The number of rotatable bonds is 4. The molecule has 0 saturated carbocycles. The zero-order chi connectivity index (χ0) is 17.9. The largest absolute Gasteiger partial charge is 0.387 e. The third-order valence-corrected chi connectivity index (χ3v) is 4.63. The van der Waals surface area contributed by atoms with Crippen molar-refractivity contribution in [3.8, 4) is 11.3 Å². The van der Waals surface area contributed by atoms with Crippen LogP contribution in [0.5, 0.6) is 0 Å². The Kier molecular flexibility index (Phi) is 4.50. The van der Waals surface area contributed by atoms with Gasteiger partial charge in [-0.25, -0.2) is 4.98 Å². The van der Waals surface area contributed by atoms with Gasteiger partial charge in [0.25, 0.3) is 5.56 Å². The van der Waals surface area contributed by atoms with E-state index in [1.54, 1.807) is 23.0 Å². The monoisotopic (exact) mass is 348 g/mol. The Labute approximate surface area is 151 Å². The Balaban J connectivity index is 1.68. The van der Waals surface area contributed by atoms with Crippen molar-refractivity contribution in [3.63, 3.8) is 0 Å². The summed E-state index contributed by atoms with van der Waals surface area (Å²) >= 11 is 0. The molecule has 26 heavy (non-hydrogen) atoms. The molecule has 0 bridgehead atoms. The second kappa shape index (κ2) is 7.09. The molecule has 6 heteroatoms. The van der Waals surface area contributed by atoms with Gasteiger partial charge in [0.2, 0.25) is 5.95 Å². The number of aliphatic hydroxyl groups excluding tert-OH is 1. The van der Waals surface area contributed by atoms with Gasteiger partial charge in [-0.2, -0.15) is 0 Å². The van der Waals surface area contributed by atoms with Crippen LogP contribution in [0.3, 0.4) is 0 Å². The highest BCUT2D eigenvalue weighted by molar-refractivity contribution is 5.59. The maximum absolute atomic E-state index is 12.6. The van der Waals surface area contributed by atoms with E-state index < -0.39 is 6.10 Å². The van der Waals surface area contributed by atoms with Gasteiger partial charge in [-0.3, -0.25) is 14.3 Å². The molecule has 0 radical (unpaired) electrons. The number of hydrogen-bond acceptors (Lipinski definition) is 5.